The molecule has 136 valence electrons. The molecule has 0 bridgehead atoms. The van der Waals surface area contributed by atoms with Crippen molar-refractivity contribution in [2.24, 2.45) is 34.5 Å². The largest absolute Gasteiger partial charge is 0.504 e. The van der Waals surface area contributed by atoms with E-state index in [1.54, 1.807) is 0 Å². The fourth-order valence-corrected chi connectivity index (χ4v) is 7.04. The van der Waals surface area contributed by atoms with E-state index in [9.17, 15) is 14.7 Å². The number of hydrogen-bond donors (Lipinski definition) is 1. The van der Waals surface area contributed by atoms with Gasteiger partial charge in [0.2, 0.25) is 0 Å². The highest BCUT2D eigenvalue weighted by Crippen LogP contribution is 2.66. The van der Waals surface area contributed by atoms with Gasteiger partial charge in [0.15, 0.2) is 11.5 Å². The Morgan fingerprint density at radius 1 is 1.12 bits per heavy atom. The van der Waals surface area contributed by atoms with Gasteiger partial charge in [-0.05, 0) is 73.2 Å². The second-order valence-electron chi connectivity index (χ2n) is 9.36. The number of carbonyl (C=O) groups is 2. The molecule has 25 heavy (non-hydrogen) atoms. The molecule has 0 unspecified atom stereocenters. The van der Waals surface area contributed by atoms with Crippen molar-refractivity contribution in [3.63, 3.8) is 0 Å². The Morgan fingerprint density at radius 3 is 2.56 bits per heavy atom. The molecule has 3 fully saturated rings. The summed E-state index contributed by atoms with van der Waals surface area (Å²) in [6.45, 7) is 8.42. The van der Waals surface area contributed by atoms with E-state index in [4.69, 9.17) is 0 Å². The Morgan fingerprint density at radius 2 is 1.84 bits per heavy atom. The topological polar surface area (TPSA) is 54.4 Å². The molecule has 0 heterocycles. The average molecular weight is 342 g/mol. The molecule has 3 nitrogen and oxygen atoms in total. The van der Waals surface area contributed by atoms with E-state index in [1.807, 2.05) is 6.08 Å². The summed E-state index contributed by atoms with van der Waals surface area (Å²) >= 11 is 0. The molecule has 0 amide bonds. The van der Waals surface area contributed by atoms with Crippen LogP contribution in [0.1, 0.15) is 65.2 Å². The summed E-state index contributed by atoms with van der Waals surface area (Å²) < 4.78 is 0. The van der Waals surface area contributed by atoms with Crippen LogP contribution >= 0.6 is 0 Å². The van der Waals surface area contributed by atoms with Crippen LogP contribution in [0.5, 0.6) is 0 Å². The smallest absolute Gasteiger partial charge is 0.197 e. The van der Waals surface area contributed by atoms with Crippen LogP contribution < -0.4 is 0 Å². The number of aliphatic hydroxyl groups excluding tert-OH is 1. The summed E-state index contributed by atoms with van der Waals surface area (Å²) in [5.41, 5.74) is 0.780. The molecule has 4 aliphatic rings. The standard InChI is InChI=1S/C22H30O3/c1-4-5-13-12-16-20(25)17(23)9-11-21(16,2)15-8-10-22(3)14(19(13)15)6-7-18(22)24/h4,13-15,19,25H,1,5-12H2,2-3H3/t13-,14+,15+,19+,21-,22+/m1/s1. The Labute approximate surface area is 150 Å². The van der Waals surface area contributed by atoms with Crippen molar-refractivity contribution in [2.45, 2.75) is 65.2 Å². The van der Waals surface area contributed by atoms with Crippen LogP contribution in [0, 0.1) is 34.5 Å². The zero-order chi connectivity index (χ0) is 18.0. The molecule has 0 aliphatic heterocycles. The second kappa shape index (κ2) is 5.56. The fraction of sp³-hybridized carbons (Fsp3) is 0.727. The van der Waals surface area contributed by atoms with Gasteiger partial charge in [-0.2, -0.15) is 0 Å². The van der Waals surface area contributed by atoms with E-state index in [0.717, 1.165) is 50.5 Å². The van der Waals surface area contributed by atoms with E-state index in [1.165, 1.54) is 0 Å². The molecule has 3 heteroatoms. The average Bonchev–Trinajstić information content (AvgIpc) is 2.89. The lowest BCUT2D eigenvalue weighted by Crippen LogP contribution is -2.54. The van der Waals surface area contributed by atoms with Gasteiger partial charge in [0.05, 0.1) is 0 Å². The molecule has 4 aliphatic carbocycles. The van der Waals surface area contributed by atoms with E-state index in [0.29, 0.717) is 35.9 Å². The maximum Gasteiger partial charge on any atom is 0.197 e. The van der Waals surface area contributed by atoms with Crippen LogP contribution in [-0.4, -0.2) is 16.7 Å². The van der Waals surface area contributed by atoms with Gasteiger partial charge in [-0.3, -0.25) is 9.59 Å². The highest BCUT2D eigenvalue weighted by atomic mass is 16.3. The molecule has 0 spiro atoms. The third-order valence-corrected chi connectivity index (χ3v) is 8.45. The summed E-state index contributed by atoms with van der Waals surface area (Å²) in [4.78, 5) is 24.7. The minimum absolute atomic E-state index is 0.0529. The number of carbonyl (C=O) groups excluding carboxylic acids is 2. The van der Waals surface area contributed by atoms with E-state index in [2.05, 4.69) is 20.4 Å². The summed E-state index contributed by atoms with van der Waals surface area (Å²) in [7, 11) is 0. The van der Waals surface area contributed by atoms with Crippen LogP contribution in [0.25, 0.3) is 0 Å². The molecular formula is C22H30O3. The maximum absolute atomic E-state index is 12.6. The highest BCUT2D eigenvalue weighted by molar-refractivity contribution is 5.95. The Bertz CT molecular complexity index is 675. The Hall–Kier alpha value is -1.38. The number of allylic oxidation sites excluding steroid dienone is 2. The molecule has 0 aromatic carbocycles. The fourth-order valence-electron chi connectivity index (χ4n) is 7.04. The normalized spacial score (nSPS) is 46.5. The number of ketones is 2. The van der Waals surface area contributed by atoms with Gasteiger partial charge in [0, 0.05) is 18.3 Å². The molecular weight excluding hydrogens is 312 g/mol. The lowest BCUT2D eigenvalue weighted by atomic mass is 9.44. The molecule has 3 saturated carbocycles. The second-order valence-corrected chi connectivity index (χ2v) is 9.36. The van der Waals surface area contributed by atoms with Crippen molar-refractivity contribution in [1.82, 2.24) is 0 Å². The zero-order valence-electron chi connectivity index (χ0n) is 15.5. The summed E-state index contributed by atoms with van der Waals surface area (Å²) in [6.07, 6.45) is 8.75. The van der Waals surface area contributed by atoms with Crippen LogP contribution in [0.4, 0.5) is 0 Å². The number of rotatable bonds is 2. The van der Waals surface area contributed by atoms with Gasteiger partial charge in [0.1, 0.15) is 5.78 Å². The van der Waals surface area contributed by atoms with E-state index in [-0.39, 0.29) is 22.4 Å². The third kappa shape index (κ3) is 2.17. The Kier molecular flexibility index (Phi) is 3.79. The first-order chi connectivity index (χ1) is 11.8. The lowest BCUT2D eigenvalue weighted by molar-refractivity contribution is -0.135. The summed E-state index contributed by atoms with van der Waals surface area (Å²) in [5, 5.41) is 10.5. The van der Waals surface area contributed by atoms with Crippen LogP contribution in [0.3, 0.4) is 0 Å². The van der Waals surface area contributed by atoms with Gasteiger partial charge in [-0.25, -0.2) is 0 Å². The first-order valence-electron chi connectivity index (χ1n) is 9.93. The van der Waals surface area contributed by atoms with Crippen molar-refractivity contribution in [1.29, 1.82) is 0 Å². The predicted octanol–water partition coefficient (Wildman–Crippen LogP) is 4.78. The molecule has 0 radical (unpaired) electrons. The van der Waals surface area contributed by atoms with Crippen molar-refractivity contribution in [3.05, 3.63) is 24.0 Å². The predicted molar refractivity (Wildman–Crippen MR) is 97.0 cm³/mol. The zero-order valence-corrected chi connectivity index (χ0v) is 15.5. The third-order valence-electron chi connectivity index (χ3n) is 8.45. The van der Waals surface area contributed by atoms with Gasteiger partial charge in [0.25, 0.3) is 0 Å². The highest BCUT2D eigenvalue weighted by Gasteiger charge is 2.61. The monoisotopic (exact) mass is 342 g/mol. The summed E-state index contributed by atoms with van der Waals surface area (Å²) in [5.74, 6) is 2.27. The number of fused-ring (bicyclic) bond motifs is 5. The molecule has 0 aromatic rings. The Balaban J connectivity index is 1.81. The van der Waals surface area contributed by atoms with Crippen molar-refractivity contribution >= 4 is 11.6 Å². The maximum atomic E-state index is 12.6. The minimum atomic E-state index is -0.148. The number of aliphatic hydroxyl groups is 1. The molecule has 0 saturated heterocycles. The lowest BCUT2D eigenvalue weighted by Gasteiger charge is -2.59. The summed E-state index contributed by atoms with van der Waals surface area (Å²) in [6, 6.07) is 0. The number of Topliss-reactive ketones (excluding diaryl/α,β-unsaturated/α-hetero) is 2. The van der Waals surface area contributed by atoms with Gasteiger partial charge in [-0.15, -0.1) is 6.58 Å². The van der Waals surface area contributed by atoms with E-state index < -0.39 is 0 Å². The molecule has 4 rings (SSSR count). The van der Waals surface area contributed by atoms with Gasteiger partial charge < -0.3 is 5.11 Å². The van der Waals surface area contributed by atoms with Crippen LogP contribution in [0.15, 0.2) is 24.0 Å². The van der Waals surface area contributed by atoms with Crippen LogP contribution in [0.2, 0.25) is 0 Å². The van der Waals surface area contributed by atoms with Crippen molar-refractivity contribution < 1.29 is 14.7 Å². The van der Waals surface area contributed by atoms with Crippen molar-refractivity contribution in [3.8, 4) is 0 Å². The minimum Gasteiger partial charge on any atom is -0.504 e. The van der Waals surface area contributed by atoms with Gasteiger partial charge in [-0.1, -0.05) is 19.9 Å². The van der Waals surface area contributed by atoms with Gasteiger partial charge >= 0.3 is 0 Å². The molecule has 1 N–H and O–H groups in total. The first kappa shape index (κ1) is 17.1. The molecule has 6 atom stereocenters. The SMILES string of the molecule is C=CC[C@@H]1CC2=C(O)C(=O)CC[C@]2(C)[C@H]2CC[C@]3(C)C(=O)CC[C@H]3[C@H]12. The van der Waals surface area contributed by atoms with Crippen molar-refractivity contribution in [2.75, 3.05) is 0 Å². The number of hydrogen-bond acceptors (Lipinski definition) is 3. The quantitative estimate of drug-likeness (QED) is 0.735. The first-order valence-corrected chi connectivity index (χ1v) is 9.93. The van der Waals surface area contributed by atoms with E-state index >= 15 is 0 Å². The molecule has 0 aromatic heterocycles. The van der Waals surface area contributed by atoms with Crippen LogP contribution in [-0.2, 0) is 9.59 Å².